The Balaban J connectivity index is 3.70. The van der Waals surface area contributed by atoms with E-state index in [-0.39, 0.29) is 0 Å². The molecule has 0 saturated carbocycles. The molecule has 0 spiro atoms. The maximum Gasteiger partial charge on any atom is 0.508 e. The molecule has 0 unspecified atom stereocenters. The predicted molar refractivity (Wildman–Crippen MR) is 65.4 cm³/mol. The summed E-state index contributed by atoms with van der Waals surface area (Å²) >= 11 is 0. The molecule has 0 aromatic carbocycles. The first-order chi connectivity index (χ1) is 7.56. The molecule has 0 aliphatic rings. The highest BCUT2D eigenvalue weighted by Gasteiger charge is 1.99. The Hall–Kier alpha value is -1.25. The van der Waals surface area contributed by atoms with Crippen LogP contribution in [0, 0.1) is 0 Å². The fraction of sp³-hybridized carbons (Fsp3) is 0.615. The van der Waals surface area contributed by atoms with Crippen LogP contribution in [0.3, 0.4) is 0 Å². The van der Waals surface area contributed by atoms with Gasteiger partial charge in [-0.05, 0) is 46.6 Å². The molecule has 0 aromatic rings. The van der Waals surface area contributed by atoms with Crippen LogP contribution in [0.4, 0.5) is 4.79 Å². The van der Waals surface area contributed by atoms with Crippen LogP contribution in [-0.2, 0) is 9.47 Å². The molecule has 3 nitrogen and oxygen atoms in total. The summed E-state index contributed by atoms with van der Waals surface area (Å²) in [5, 5.41) is 0. The van der Waals surface area contributed by atoms with Gasteiger partial charge in [0.1, 0.15) is 6.61 Å². The smallest absolute Gasteiger partial charge is 0.435 e. The second kappa shape index (κ2) is 9.01. The number of ether oxygens (including phenoxy) is 2. The molecule has 0 amide bonds. The Kier molecular flexibility index (Phi) is 8.31. The van der Waals surface area contributed by atoms with Gasteiger partial charge >= 0.3 is 6.16 Å². The third-order valence-corrected chi connectivity index (χ3v) is 1.99. The lowest BCUT2D eigenvalue weighted by molar-refractivity contribution is 0.0672. The first-order valence-corrected chi connectivity index (χ1v) is 5.64. The van der Waals surface area contributed by atoms with Crippen molar-refractivity contribution >= 4 is 6.16 Å². The molecule has 92 valence electrons. The zero-order valence-corrected chi connectivity index (χ0v) is 10.7. The first kappa shape index (κ1) is 14.8. The van der Waals surface area contributed by atoms with E-state index in [0.717, 1.165) is 12.8 Å². The second-order valence-corrected chi connectivity index (χ2v) is 3.86. The van der Waals surface area contributed by atoms with Gasteiger partial charge < -0.3 is 9.47 Å². The van der Waals surface area contributed by atoms with Crippen molar-refractivity contribution in [2.24, 2.45) is 0 Å². The van der Waals surface area contributed by atoms with Gasteiger partial charge in [-0.2, -0.15) is 0 Å². The Morgan fingerprint density at radius 1 is 1.12 bits per heavy atom. The van der Waals surface area contributed by atoms with E-state index in [9.17, 15) is 4.79 Å². The van der Waals surface area contributed by atoms with E-state index < -0.39 is 6.16 Å². The van der Waals surface area contributed by atoms with E-state index in [1.165, 1.54) is 11.1 Å². The molecule has 0 aromatic heterocycles. The Labute approximate surface area is 98.1 Å². The molecule has 3 heteroatoms. The molecule has 0 aliphatic carbocycles. The van der Waals surface area contributed by atoms with Crippen LogP contribution in [0.25, 0.3) is 0 Å². The summed E-state index contributed by atoms with van der Waals surface area (Å²) in [4.78, 5) is 10.8. The third-order valence-electron chi connectivity index (χ3n) is 1.99. The zero-order valence-electron chi connectivity index (χ0n) is 10.7. The van der Waals surface area contributed by atoms with Crippen LogP contribution in [-0.4, -0.2) is 19.4 Å². The van der Waals surface area contributed by atoms with Gasteiger partial charge in [0.15, 0.2) is 0 Å². The van der Waals surface area contributed by atoms with Gasteiger partial charge in [0.25, 0.3) is 0 Å². The van der Waals surface area contributed by atoms with E-state index >= 15 is 0 Å². The van der Waals surface area contributed by atoms with Crippen LogP contribution in [0.15, 0.2) is 23.3 Å². The van der Waals surface area contributed by atoms with Crippen molar-refractivity contribution in [1.29, 1.82) is 0 Å². The highest BCUT2D eigenvalue weighted by atomic mass is 16.7. The standard InChI is InChI=1S/C13H22O3/c1-5-15-13(14)16-10-9-12(4)8-6-7-11(2)3/h7,9H,5-6,8,10H2,1-4H3/b12-9+. The lowest BCUT2D eigenvalue weighted by Crippen LogP contribution is -2.06. The number of rotatable bonds is 6. The average molecular weight is 226 g/mol. The number of allylic oxidation sites excluding steroid dienone is 3. The lowest BCUT2D eigenvalue weighted by atomic mass is 10.1. The van der Waals surface area contributed by atoms with Gasteiger partial charge in [-0.15, -0.1) is 0 Å². The summed E-state index contributed by atoms with van der Waals surface area (Å²) in [6.07, 6.45) is 5.54. The van der Waals surface area contributed by atoms with Crippen molar-refractivity contribution in [1.82, 2.24) is 0 Å². The molecule has 0 rings (SSSR count). The molecule has 0 atom stereocenters. The van der Waals surface area contributed by atoms with E-state index in [2.05, 4.69) is 24.7 Å². The average Bonchev–Trinajstić information content (AvgIpc) is 2.17. The molecule has 0 fully saturated rings. The van der Waals surface area contributed by atoms with Gasteiger partial charge in [-0.3, -0.25) is 0 Å². The normalized spacial score (nSPS) is 10.9. The largest absolute Gasteiger partial charge is 0.508 e. The van der Waals surface area contributed by atoms with Crippen LogP contribution >= 0.6 is 0 Å². The van der Waals surface area contributed by atoms with Crippen LogP contribution in [0.5, 0.6) is 0 Å². The Morgan fingerprint density at radius 2 is 1.81 bits per heavy atom. The first-order valence-electron chi connectivity index (χ1n) is 5.64. The van der Waals surface area contributed by atoms with Gasteiger partial charge in [0, 0.05) is 0 Å². The van der Waals surface area contributed by atoms with Gasteiger partial charge in [0.05, 0.1) is 6.61 Å². The van der Waals surface area contributed by atoms with Crippen molar-refractivity contribution < 1.29 is 14.3 Å². The monoisotopic (exact) mass is 226 g/mol. The Bertz CT molecular complexity index is 260. The van der Waals surface area contributed by atoms with E-state index in [1.54, 1.807) is 6.92 Å². The van der Waals surface area contributed by atoms with E-state index in [4.69, 9.17) is 4.74 Å². The molecular weight excluding hydrogens is 204 g/mol. The molecule has 0 saturated heterocycles. The van der Waals surface area contributed by atoms with Crippen LogP contribution in [0.1, 0.15) is 40.5 Å². The molecule has 0 bridgehead atoms. The topological polar surface area (TPSA) is 35.5 Å². The maximum atomic E-state index is 10.8. The van der Waals surface area contributed by atoms with E-state index in [1.807, 2.05) is 13.0 Å². The van der Waals surface area contributed by atoms with Crippen molar-refractivity contribution in [2.75, 3.05) is 13.2 Å². The molecule has 0 heterocycles. The second-order valence-electron chi connectivity index (χ2n) is 3.86. The highest BCUT2D eigenvalue weighted by Crippen LogP contribution is 2.06. The lowest BCUT2D eigenvalue weighted by Gasteiger charge is -2.02. The Morgan fingerprint density at radius 3 is 2.38 bits per heavy atom. The number of hydrogen-bond acceptors (Lipinski definition) is 3. The predicted octanol–water partition coefficient (Wildman–Crippen LogP) is 3.85. The summed E-state index contributed by atoms with van der Waals surface area (Å²) in [5.41, 5.74) is 2.55. The van der Waals surface area contributed by atoms with Gasteiger partial charge in [-0.25, -0.2) is 4.79 Å². The SMILES string of the molecule is CCOC(=O)OC/C=C(\C)CCC=C(C)C. The van der Waals surface area contributed by atoms with Crippen LogP contribution in [0.2, 0.25) is 0 Å². The number of carbonyl (C=O) groups is 1. The fourth-order valence-corrected chi connectivity index (χ4v) is 1.10. The minimum Gasteiger partial charge on any atom is -0.435 e. The summed E-state index contributed by atoms with van der Waals surface area (Å²) < 4.78 is 9.46. The van der Waals surface area contributed by atoms with Crippen LogP contribution < -0.4 is 0 Å². The quantitative estimate of drug-likeness (QED) is 0.509. The zero-order chi connectivity index (χ0) is 12.4. The number of carbonyl (C=O) groups excluding carboxylic acids is 1. The molecular formula is C13H22O3. The van der Waals surface area contributed by atoms with Gasteiger partial charge in [0.2, 0.25) is 0 Å². The molecule has 0 aliphatic heterocycles. The molecule has 0 N–H and O–H groups in total. The summed E-state index contributed by atoms with van der Waals surface area (Å²) in [6, 6.07) is 0. The summed E-state index contributed by atoms with van der Waals surface area (Å²) in [5.74, 6) is 0. The van der Waals surface area contributed by atoms with Crippen molar-refractivity contribution in [3.63, 3.8) is 0 Å². The van der Waals surface area contributed by atoms with E-state index in [0.29, 0.717) is 13.2 Å². The van der Waals surface area contributed by atoms with Crippen molar-refractivity contribution in [3.8, 4) is 0 Å². The highest BCUT2D eigenvalue weighted by molar-refractivity contribution is 5.59. The minimum atomic E-state index is -0.601. The van der Waals surface area contributed by atoms with Gasteiger partial charge in [-0.1, -0.05) is 17.2 Å². The van der Waals surface area contributed by atoms with Crippen molar-refractivity contribution in [3.05, 3.63) is 23.3 Å². The molecule has 16 heavy (non-hydrogen) atoms. The molecule has 0 radical (unpaired) electrons. The third kappa shape index (κ3) is 9.31. The fourth-order valence-electron chi connectivity index (χ4n) is 1.10. The number of hydrogen-bond donors (Lipinski definition) is 0. The summed E-state index contributed by atoms with van der Waals surface area (Å²) in [6.45, 7) is 8.60. The minimum absolute atomic E-state index is 0.291. The summed E-state index contributed by atoms with van der Waals surface area (Å²) in [7, 11) is 0. The van der Waals surface area contributed by atoms with Crippen molar-refractivity contribution in [2.45, 2.75) is 40.5 Å². The maximum absolute atomic E-state index is 10.8.